The van der Waals surface area contributed by atoms with Crippen LogP contribution in [0, 0.1) is 0 Å². The highest BCUT2D eigenvalue weighted by molar-refractivity contribution is 9.10. The molecule has 0 aliphatic rings. The predicted octanol–water partition coefficient (Wildman–Crippen LogP) is 4.21. The van der Waals surface area contributed by atoms with E-state index in [0.717, 1.165) is 4.47 Å². The highest BCUT2D eigenvalue weighted by atomic mass is 79.9. The minimum Gasteiger partial charge on any atom is -0.497 e. The third-order valence-corrected chi connectivity index (χ3v) is 5.15. The van der Waals surface area contributed by atoms with Gasteiger partial charge >= 0.3 is 5.97 Å². The molecule has 0 saturated heterocycles. The molecule has 2 amide bonds. The molecule has 174 valence electrons. The minimum absolute atomic E-state index is 0.248. The summed E-state index contributed by atoms with van der Waals surface area (Å²) in [5, 5.41) is 6.88. The molecule has 0 saturated carbocycles. The molecule has 0 bridgehead atoms. The summed E-state index contributed by atoms with van der Waals surface area (Å²) < 4.78 is 11.3. The van der Waals surface area contributed by atoms with Crippen molar-refractivity contribution in [2.24, 2.45) is 5.10 Å². The molecule has 2 N–H and O–H groups in total. The number of rotatable bonds is 8. The van der Waals surface area contributed by atoms with Crippen LogP contribution in [0.1, 0.15) is 26.3 Å². The van der Waals surface area contributed by atoms with Gasteiger partial charge < -0.3 is 14.8 Å². The summed E-state index contributed by atoms with van der Waals surface area (Å²) in [6.45, 7) is -0.281. The van der Waals surface area contributed by atoms with Gasteiger partial charge in [-0.2, -0.15) is 5.10 Å². The molecule has 3 aromatic rings. The Morgan fingerprint density at radius 1 is 1.00 bits per heavy atom. The van der Waals surface area contributed by atoms with Gasteiger partial charge in [0.1, 0.15) is 11.5 Å². The molecule has 0 atom stereocenters. The van der Waals surface area contributed by atoms with E-state index in [1.165, 1.54) is 13.3 Å². The van der Waals surface area contributed by atoms with Gasteiger partial charge in [-0.1, -0.05) is 27.5 Å². The van der Waals surface area contributed by atoms with E-state index in [-0.39, 0.29) is 12.3 Å². The van der Waals surface area contributed by atoms with Crippen molar-refractivity contribution in [2.45, 2.75) is 0 Å². The number of hydrazone groups is 1. The van der Waals surface area contributed by atoms with Crippen molar-refractivity contribution in [3.63, 3.8) is 0 Å². The van der Waals surface area contributed by atoms with E-state index in [4.69, 9.17) is 21.1 Å². The molecule has 0 radical (unpaired) electrons. The number of methoxy groups -OCH3 is 1. The van der Waals surface area contributed by atoms with Gasteiger partial charge in [0.2, 0.25) is 0 Å². The Morgan fingerprint density at radius 3 is 2.35 bits per heavy atom. The summed E-state index contributed by atoms with van der Waals surface area (Å²) >= 11 is 9.15. The van der Waals surface area contributed by atoms with Crippen LogP contribution in [0.4, 0.5) is 0 Å². The van der Waals surface area contributed by atoms with Crippen LogP contribution in [-0.2, 0) is 4.79 Å². The number of carbonyl (C=O) groups is 3. The second-order valence-electron chi connectivity index (χ2n) is 6.78. The van der Waals surface area contributed by atoms with E-state index in [1.807, 2.05) is 0 Å². The number of esters is 1. The zero-order valence-electron chi connectivity index (χ0n) is 17.9. The SMILES string of the molecule is COc1ccc(C(=O)Oc2ccc(Br)cc2/C=N/NC(=O)CNC(=O)c2ccc(Cl)cc2)cc1. The van der Waals surface area contributed by atoms with Crippen LogP contribution in [-0.4, -0.2) is 37.7 Å². The molecule has 0 aliphatic heterocycles. The number of halogens is 2. The second-order valence-corrected chi connectivity index (χ2v) is 8.14. The van der Waals surface area contributed by atoms with Crippen molar-refractivity contribution in [3.05, 3.63) is 92.9 Å². The van der Waals surface area contributed by atoms with Gasteiger partial charge in [0, 0.05) is 20.6 Å². The predicted molar refractivity (Wildman–Crippen MR) is 132 cm³/mol. The van der Waals surface area contributed by atoms with E-state index in [9.17, 15) is 14.4 Å². The van der Waals surface area contributed by atoms with Gasteiger partial charge in [0.25, 0.3) is 11.8 Å². The van der Waals surface area contributed by atoms with Gasteiger partial charge in [-0.25, -0.2) is 10.2 Å². The number of benzene rings is 3. The number of nitrogens with zero attached hydrogens (tertiary/aromatic N) is 1. The van der Waals surface area contributed by atoms with Crippen molar-refractivity contribution in [1.82, 2.24) is 10.7 Å². The van der Waals surface area contributed by atoms with E-state index >= 15 is 0 Å². The Balaban J connectivity index is 1.58. The molecule has 0 heterocycles. The third-order valence-electron chi connectivity index (χ3n) is 4.41. The monoisotopic (exact) mass is 543 g/mol. The maximum Gasteiger partial charge on any atom is 0.343 e. The minimum atomic E-state index is -0.562. The fraction of sp³-hybridized carbons (Fsp3) is 0.0833. The van der Waals surface area contributed by atoms with Crippen LogP contribution in [0.5, 0.6) is 11.5 Å². The van der Waals surface area contributed by atoms with Crippen molar-refractivity contribution < 1.29 is 23.9 Å². The Hall–Kier alpha value is -3.69. The Kier molecular flexibility index (Phi) is 8.78. The molecule has 0 spiro atoms. The summed E-state index contributed by atoms with van der Waals surface area (Å²) in [6.07, 6.45) is 1.33. The lowest BCUT2D eigenvalue weighted by Crippen LogP contribution is -2.34. The summed E-state index contributed by atoms with van der Waals surface area (Å²) in [5.41, 5.74) is 3.48. The van der Waals surface area contributed by atoms with Crippen molar-refractivity contribution in [1.29, 1.82) is 0 Å². The van der Waals surface area contributed by atoms with Gasteiger partial charge in [-0.05, 0) is 66.7 Å². The first-order valence-corrected chi connectivity index (χ1v) is 11.0. The highest BCUT2D eigenvalue weighted by Gasteiger charge is 2.12. The smallest absolute Gasteiger partial charge is 0.343 e. The molecule has 0 unspecified atom stereocenters. The van der Waals surface area contributed by atoms with Crippen molar-refractivity contribution in [3.8, 4) is 11.5 Å². The Bertz CT molecular complexity index is 1210. The zero-order chi connectivity index (χ0) is 24.5. The maximum atomic E-state index is 12.5. The van der Waals surface area contributed by atoms with E-state index in [0.29, 0.717) is 27.5 Å². The van der Waals surface area contributed by atoms with Gasteiger partial charge in [-0.15, -0.1) is 0 Å². The normalized spacial score (nSPS) is 10.6. The van der Waals surface area contributed by atoms with Crippen LogP contribution < -0.4 is 20.2 Å². The lowest BCUT2D eigenvalue weighted by atomic mass is 10.2. The molecule has 0 aliphatic carbocycles. The average Bonchev–Trinajstić information content (AvgIpc) is 2.84. The first-order chi connectivity index (χ1) is 16.4. The van der Waals surface area contributed by atoms with Gasteiger partial charge in [0.15, 0.2) is 0 Å². The zero-order valence-corrected chi connectivity index (χ0v) is 20.2. The van der Waals surface area contributed by atoms with E-state index in [1.54, 1.807) is 66.7 Å². The summed E-state index contributed by atoms with van der Waals surface area (Å²) in [5.74, 6) is -0.652. The quantitative estimate of drug-likeness (QED) is 0.191. The molecule has 3 rings (SSSR count). The van der Waals surface area contributed by atoms with Crippen LogP contribution in [0.25, 0.3) is 0 Å². The van der Waals surface area contributed by atoms with E-state index in [2.05, 4.69) is 31.8 Å². The van der Waals surface area contributed by atoms with Crippen LogP contribution >= 0.6 is 27.5 Å². The summed E-state index contributed by atoms with van der Waals surface area (Å²) in [4.78, 5) is 36.6. The largest absolute Gasteiger partial charge is 0.497 e. The average molecular weight is 545 g/mol. The molecular formula is C24H19BrClN3O5. The Morgan fingerprint density at radius 2 is 1.68 bits per heavy atom. The first kappa shape index (κ1) is 24.9. The molecule has 34 heavy (non-hydrogen) atoms. The first-order valence-electron chi connectivity index (χ1n) is 9.87. The molecule has 0 aromatic heterocycles. The summed E-state index contributed by atoms with van der Waals surface area (Å²) in [6, 6.07) is 17.7. The third kappa shape index (κ3) is 7.16. The van der Waals surface area contributed by atoms with Crippen LogP contribution in [0.3, 0.4) is 0 Å². The summed E-state index contributed by atoms with van der Waals surface area (Å²) in [7, 11) is 1.53. The van der Waals surface area contributed by atoms with Gasteiger partial charge in [0.05, 0.1) is 25.4 Å². The molecular weight excluding hydrogens is 526 g/mol. The van der Waals surface area contributed by atoms with Crippen LogP contribution in [0.15, 0.2) is 76.3 Å². The fourth-order valence-electron chi connectivity index (χ4n) is 2.68. The van der Waals surface area contributed by atoms with Crippen LogP contribution in [0.2, 0.25) is 5.02 Å². The lowest BCUT2D eigenvalue weighted by Gasteiger charge is -2.09. The number of hydrogen-bond acceptors (Lipinski definition) is 6. The molecule has 10 heteroatoms. The number of ether oxygens (including phenoxy) is 2. The highest BCUT2D eigenvalue weighted by Crippen LogP contribution is 2.23. The topological polar surface area (TPSA) is 106 Å². The maximum absolute atomic E-state index is 12.5. The standard InChI is InChI=1S/C24H19BrClN3O5/c1-33-20-9-4-16(5-10-20)24(32)34-21-11-6-18(25)12-17(21)13-28-29-22(30)14-27-23(31)15-2-7-19(26)8-3-15/h2-13H,14H2,1H3,(H,27,31)(H,29,30)/b28-13+. The lowest BCUT2D eigenvalue weighted by molar-refractivity contribution is -0.120. The number of amides is 2. The molecule has 8 nitrogen and oxygen atoms in total. The number of hydrogen-bond donors (Lipinski definition) is 2. The van der Waals surface area contributed by atoms with Gasteiger partial charge in [-0.3, -0.25) is 9.59 Å². The Labute approximate surface area is 209 Å². The number of carbonyl (C=O) groups excluding carboxylic acids is 3. The second kappa shape index (κ2) is 12.0. The van der Waals surface area contributed by atoms with Crippen molar-refractivity contribution in [2.75, 3.05) is 13.7 Å². The fourth-order valence-corrected chi connectivity index (χ4v) is 3.18. The van der Waals surface area contributed by atoms with E-state index < -0.39 is 17.8 Å². The van der Waals surface area contributed by atoms with Crippen molar-refractivity contribution >= 4 is 51.5 Å². The molecule has 0 fully saturated rings. The number of nitrogens with one attached hydrogen (secondary N) is 2. The molecule has 3 aromatic carbocycles.